The van der Waals surface area contributed by atoms with Crippen molar-refractivity contribution in [2.75, 3.05) is 43.4 Å². The van der Waals surface area contributed by atoms with Gasteiger partial charge >= 0.3 is 0 Å². The van der Waals surface area contributed by atoms with Crippen molar-refractivity contribution in [1.29, 1.82) is 0 Å². The number of anilines is 2. The van der Waals surface area contributed by atoms with Crippen LogP contribution in [0.1, 0.15) is 18.4 Å². The number of benzene rings is 1. The maximum atomic E-state index is 12.3. The highest BCUT2D eigenvalue weighted by molar-refractivity contribution is 5.81. The molecule has 0 bridgehead atoms. The van der Waals surface area contributed by atoms with E-state index in [1.807, 2.05) is 17.0 Å². The van der Waals surface area contributed by atoms with E-state index in [-0.39, 0.29) is 12.0 Å². The molecule has 2 heterocycles. The van der Waals surface area contributed by atoms with Gasteiger partial charge in [-0.25, -0.2) is 0 Å². The van der Waals surface area contributed by atoms with Gasteiger partial charge in [0.05, 0.1) is 0 Å². The second-order valence-corrected chi connectivity index (χ2v) is 5.86. The molecule has 5 nitrogen and oxygen atoms in total. The van der Waals surface area contributed by atoms with Crippen LogP contribution < -0.4 is 10.6 Å². The van der Waals surface area contributed by atoms with Crippen molar-refractivity contribution in [2.45, 2.75) is 25.9 Å². The Hall–Kier alpha value is -1.75. The maximum Gasteiger partial charge on any atom is 0.251 e. The lowest BCUT2D eigenvalue weighted by Crippen LogP contribution is -2.51. The molecule has 1 atom stereocenters. The average molecular weight is 289 g/mol. The highest BCUT2D eigenvalue weighted by atomic mass is 16.5. The molecule has 2 aliphatic heterocycles. The van der Waals surface area contributed by atoms with E-state index in [9.17, 15) is 4.79 Å². The summed E-state index contributed by atoms with van der Waals surface area (Å²) in [5.41, 5.74) is 9.00. The molecule has 0 spiro atoms. The van der Waals surface area contributed by atoms with E-state index in [4.69, 9.17) is 10.5 Å². The van der Waals surface area contributed by atoms with Crippen LogP contribution in [-0.4, -0.2) is 49.7 Å². The molecule has 0 radical (unpaired) electrons. The van der Waals surface area contributed by atoms with Gasteiger partial charge in [-0.3, -0.25) is 4.79 Å². The first-order valence-corrected chi connectivity index (χ1v) is 7.66. The number of carbonyl (C=O) groups excluding carboxylic acids is 1. The Kier molecular flexibility index (Phi) is 4.01. The molecule has 1 aromatic carbocycles. The largest absolute Gasteiger partial charge is 0.399 e. The fraction of sp³-hybridized carbons (Fsp3) is 0.562. The molecule has 21 heavy (non-hydrogen) atoms. The molecule has 3 rings (SSSR count). The number of hydrogen-bond donors (Lipinski definition) is 1. The molecular weight excluding hydrogens is 266 g/mol. The first-order chi connectivity index (χ1) is 10.1. The number of rotatable bonds is 2. The van der Waals surface area contributed by atoms with Gasteiger partial charge in [0.15, 0.2) is 0 Å². The lowest BCUT2D eigenvalue weighted by Gasteiger charge is -2.37. The average Bonchev–Trinajstić information content (AvgIpc) is 3.01. The van der Waals surface area contributed by atoms with E-state index in [0.717, 1.165) is 51.3 Å². The number of nitrogens with zero attached hydrogens (tertiary/aromatic N) is 2. The van der Waals surface area contributed by atoms with Crippen LogP contribution in [0.15, 0.2) is 18.2 Å². The summed E-state index contributed by atoms with van der Waals surface area (Å²) in [7, 11) is 0. The van der Waals surface area contributed by atoms with E-state index >= 15 is 0 Å². The lowest BCUT2D eigenvalue weighted by atomic mass is 10.1. The van der Waals surface area contributed by atoms with Crippen LogP contribution in [0.2, 0.25) is 0 Å². The first-order valence-electron chi connectivity index (χ1n) is 7.66. The molecule has 2 saturated heterocycles. The third-order valence-corrected chi connectivity index (χ3v) is 4.36. The smallest absolute Gasteiger partial charge is 0.251 e. The van der Waals surface area contributed by atoms with Gasteiger partial charge in [0.25, 0.3) is 5.91 Å². The molecule has 2 N–H and O–H groups in total. The van der Waals surface area contributed by atoms with Crippen molar-refractivity contribution >= 4 is 17.3 Å². The minimum atomic E-state index is -0.199. The summed E-state index contributed by atoms with van der Waals surface area (Å²) in [6, 6.07) is 6.01. The monoisotopic (exact) mass is 289 g/mol. The van der Waals surface area contributed by atoms with Crippen LogP contribution >= 0.6 is 0 Å². The van der Waals surface area contributed by atoms with Crippen LogP contribution in [0.5, 0.6) is 0 Å². The Bertz CT molecular complexity index is 518. The molecule has 0 aliphatic carbocycles. The van der Waals surface area contributed by atoms with Crippen molar-refractivity contribution in [3.05, 3.63) is 23.8 Å². The molecule has 114 valence electrons. The minimum Gasteiger partial charge on any atom is -0.399 e. The fourth-order valence-corrected chi connectivity index (χ4v) is 3.18. The molecule has 2 fully saturated rings. The van der Waals surface area contributed by atoms with Crippen molar-refractivity contribution in [1.82, 2.24) is 4.90 Å². The van der Waals surface area contributed by atoms with Crippen molar-refractivity contribution in [3.63, 3.8) is 0 Å². The van der Waals surface area contributed by atoms with Crippen LogP contribution in [0.4, 0.5) is 11.4 Å². The van der Waals surface area contributed by atoms with E-state index in [2.05, 4.69) is 17.9 Å². The molecule has 2 aliphatic rings. The summed E-state index contributed by atoms with van der Waals surface area (Å²) in [5.74, 6) is 0.168. The van der Waals surface area contributed by atoms with E-state index in [1.165, 1.54) is 11.3 Å². The Morgan fingerprint density at radius 2 is 2.05 bits per heavy atom. The van der Waals surface area contributed by atoms with Crippen molar-refractivity contribution < 1.29 is 9.53 Å². The van der Waals surface area contributed by atoms with E-state index in [0.29, 0.717) is 0 Å². The summed E-state index contributed by atoms with van der Waals surface area (Å²) in [6.45, 7) is 6.06. The predicted octanol–water partition coefficient (Wildman–Crippen LogP) is 1.40. The second kappa shape index (κ2) is 5.93. The molecule has 1 unspecified atom stereocenters. The maximum absolute atomic E-state index is 12.3. The number of carbonyl (C=O) groups is 1. The number of piperazine rings is 1. The zero-order valence-corrected chi connectivity index (χ0v) is 12.5. The SMILES string of the molecule is Cc1cc(N)ccc1N1CCN(C(=O)C2CCCO2)CC1. The number of nitrogen functional groups attached to an aromatic ring is 1. The summed E-state index contributed by atoms with van der Waals surface area (Å²) >= 11 is 0. The van der Waals surface area contributed by atoms with Crippen LogP contribution in [-0.2, 0) is 9.53 Å². The summed E-state index contributed by atoms with van der Waals surface area (Å²) < 4.78 is 5.49. The topological polar surface area (TPSA) is 58.8 Å². The fourth-order valence-electron chi connectivity index (χ4n) is 3.18. The van der Waals surface area contributed by atoms with Crippen LogP contribution in [0.3, 0.4) is 0 Å². The first kappa shape index (κ1) is 14.2. The highest BCUT2D eigenvalue weighted by Crippen LogP contribution is 2.24. The molecule has 5 heteroatoms. The van der Waals surface area contributed by atoms with Crippen molar-refractivity contribution in [3.8, 4) is 0 Å². The highest BCUT2D eigenvalue weighted by Gasteiger charge is 2.30. The third kappa shape index (κ3) is 2.97. The molecule has 0 saturated carbocycles. The standard InChI is InChI=1S/C16H23N3O2/c1-12-11-13(17)4-5-14(12)18-6-8-19(9-7-18)16(20)15-3-2-10-21-15/h4-5,11,15H,2-3,6-10,17H2,1H3. The summed E-state index contributed by atoms with van der Waals surface area (Å²) in [6.07, 6.45) is 1.67. The Labute approximate surface area is 125 Å². The second-order valence-electron chi connectivity index (χ2n) is 5.86. The van der Waals surface area contributed by atoms with Gasteiger partial charge in [0.2, 0.25) is 0 Å². The predicted molar refractivity (Wildman–Crippen MR) is 83.4 cm³/mol. The number of hydrogen-bond acceptors (Lipinski definition) is 4. The van der Waals surface area contributed by atoms with Crippen molar-refractivity contribution in [2.24, 2.45) is 0 Å². The Morgan fingerprint density at radius 3 is 2.67 bits per heavy atom. The van der Waals surface area contributed by atoms with Gasteiger partial charge in [-0.1, -0.05) is 0 Å². The zero-order chi connectivity index (χ0) is 14.8. The molecular formula is C16H23N3O2. The quantitative estimate of drug-likeness (QED) is 0.836. The van der Waals surface area contributed by atoms with Gasteiger partial charge in [0, 0.05) is 44.2 Å². The van der Waals surface area contributed by atoms with E-state index < -0.39 is 0 Å². The number of aryl methyl sites for hydroxylation is 1. The van der Waals surface area contributed by atoms with E-state index in [1.54, 1.807) is 0 Å². The molecule has 1 aromatic rings. The van der Waals surface area contributed by atoms with Crippen LogP contribution in [0.25, 0.3) is 0 Å². The number of nitrogens with two attached hydrogens (primary N) is 1. The summed E-state index contributed by atoms with van der Waals surface area (Å²) in [4.78, 5) is 16.6. The Morgan fingerprint density at radius 1 is 1.29 bits per heavy atom. The van der Waals surface area contributed by atoms with Gasteiger partial charge in [0.1, 0.15) is 6.10 Å². The van der Waals surface area contributed by atoms with Gasteiger partial charge in [-0.05, 0) is 43.5 Å². The van der Waals surface area contributed by atoms with Crippen LogP contribution in [0, 0.1) is 6.92 Å². The number of ether oxygens (including phenoxy) is 1. The molecule has 1 amide bonds. The molecule has 0 aromatic heterocycles. The number of amides is 1. The van der Waals surface area contributed by atoms with Gasteiger partial charge < -0.3 is 20.3 Å². The minimum absolute atomic E-state index is 0.168. The van der Waals surface area contributed by atoms with Gasteiger partial charge in [-0.2, -0.15) is 0 Å². The zero-order valence-electron chi connectivity index (χ0n) is 12.5. The normalized spacial score (nSPS) is 22.6. The third-order valence-electron chi connectivity index (χ3n) is 4.36. The summed E-state index contributed by atoms with van der Waals surface area (Å²) in [5, 5.41) is 0. The van der Waals surface area contributed by atoms with Gasteiger partial charge in [-0.15, -0.1) is 0 Å². The Balaban J connectivity index is 1.60. The lowest BCUT2D eigenvalue weighted by molar-refractivity contribution is -0.141.